The van der Waals surface area contributed by atoms with Gasteiger partial charge < -0.3 is 10.6 Å². The molecule has 7 nitrogen and oxygen atoms in total. The highest BCUT2D eigenvalue weighted by Gasteiger charge is 2.25. The lowest BCUT2D eigenvalue weighted by molar-refractivity contribution is -0.114. The number of amides is 2. The molecule has 31 heavy (non-hydrogen) atoms. The quantitative estimate of drug-likeness (QED) is 0.700. The highest BCUT2D eigenvalue weighted by molar-refractivity contribution is 7.89. The van der Waals surface area contributed by atoms with Crippen LogP contribution < -0.4 is 10.6 Å². The van der Waals surface area contributed by atoms with Gasteiger partial charge in [-0.2, -0.15) is 4.31 Å². The van der Waals surface area contributed by atoms with E-state index in [-0.39, 0.29) is 23.3 Å². The van der Waals surface area contributed by atoms with Crippen molar-refractivity contribution in [3.63, 3.8) is 0 Å². The Hall–Kier alpha value is -3.15. The Morgan fingerprint density at radius 1 is 0.968 bits per heavy atom. The Balaban J connectivity index is 1.54. The molecule has 1 aliphatic rings. The summed E-state index contributed by atoms with van der Waals surface area (Å²) in [5.41, 5.74) is 1.83. The highest BCUT2D eigenvalue weighted by atomic mass is 32.2. The average Bonchev–Trinajstić information content (AvgIpc) is 2.78. The van der Waals surface area contributed by atoms with Gasteiger partial charge in [0, 0.05) is 36.8 Å². The van der Waals surface area contributed by atoms with Crippen LogP contribution >= 0.6 is 0 Å². The molecule has 2 aromatic rings. The second kappa shape index (κ2) is 10.2. The molecule has 2 N–H and O–H groups in total. The normalized spacial score (nSPS) is 14.2. The number of benzene rings is 2. The molecular weight excluding hydrogens is 414 g/mol. The van der Waals surface area contributed by atoms with E-state index in [0.29, 0.717) is 24.3 Å². The van der Waals surface area contributed by atoms with Crippen LogP contribution in [0.4, 0.5) is 5.69 Å². The molecule has 0 aromatic heterocycles. The molecule has 0 radical (unpaired) electrons. The van der Waals surface area contributed by atoms with Crippen LogP contribution in [0.1, 0.15) is 42.1 Å². The van der Waals surface area contributed by atoms with Crippen molar-refractivity contribution in [1.29, 1.82) is 0 Å². The van der Waals surface area contributed by atoms with Gasteiger partial charge in [-0.1, -0.05) is 18.3 Å². The van der Waals surface area contributed by atoms with Crippen LogP contribution in [0.2, 0.25) is 0 Å². The van der Waals surface area contributed by atoms with Gasteiger partial charge in [0.05, 0.1) is 11.4 Å². The maximum absolute atomic E-state index is 12.7. The van der Waals surface area contributed by atoms with Gasteiger partial charge in [0.25, 0.3) is 5.91 Å². The molecule has 0 spiro atoms. The number of hydrogen-bond donors (Lipinski definition) is 2. The minimum absolute atomic E-state index is 0.140. The molecule has 8 heteroatoms. The van der Waals surface area contributed by atoms with E-state index in [1.807, 2.05) is 0 Å². The lowest BCUT2D eigenvalue weighted by Gasteiger charge is -2.25. The van der Waals surface area contributed by atoms with Crippen LogP contribution in [0.15, 0.2) is 53.4 Å². The first-order chi connectivity index (χ1) is 14.9. The summed E-state index contributed by atoms with van der Waals surface area (Å²) in [5.74, 6) is 5.34. The second-order valence-electron chi connectivity index (χ2n) is 7.23. The summed E-state index contributed by atoms with van der Waals surface area (Å²) >= 11 is 0. The smallest absolute Gasteiger partial charge is 0.252 e. The Kier molecular flexibility index (Phi) is 7.45. The van der Waals surface area contributed by atoms with Crippen molar-refractivity contribution in [2.45, 2.75) is 31.1 Å². The third-order valence-electron chi connectivity index (χ3n) is 4.84. The van der Waals surface area contributed by atoms with Crippen LogP contribution in [0.3, 0.4) is 0 Å². The molecule has 1 aliphatic heterocycles. The van der Waals surface area contributed by atoms with Crippen molar-refractivity contribution in [3.05, 3.63) is 59.7 Å². The molecule has 1 heterocycles. The predicted octanol–water partition coefficient (Wildman–Crippen LogP) is 2.60. The Bertz CT molecular complexity index is 1090. The van der Waals surface area contributed by atoms with Gasteiger partial charge in [-0.25, -0.2) is 8.42 Å². The van der Waals surface area contributed by atoms with E-state index < -0.39 is 10.0 Å². The Labute approximate surface area is 182 Å². The zero-order chi connectivity index (χ0) is 22.3. The number of rotatable bonds is 5. The average molecular weight is 440 g/mol. The van der Waals surface area contributed by atoms with E-state index in [9.17, 15) is 18.0 Å². The van der Waals surface area contributed by atoms with Crippen LogP contribution in [-0.2, 0) is 14.8 Å². The van der Waals surface area contributed by atoms with Gasteiger partial charge in [0.15, 0.2) is 0 Å². The topological polar surface area (TPSA) is 95.6 Å². The van der Waals surface area contributed by atoms with Crippen molar-refractivity contribution in [1.82, 2.24) is 9.62 Å². The number of anilines is 1. The van der Waals surface area contributed by atoms with Crippen molar-refractivity contribution in [2.75, 3.05) is 25.0 Å². The van der Waals surface area contributed by atoms with Crippen LogP contribution in [0, 0.1) is 11.8 Å². The molecule has 1 saturated heterocycles. The van der Waals surface area contributed by atoms with Crippen LogP contribution in [0.5, 0.6) is 0 Å². The Morgan fingerprint density at radius 2 is 1.61 bits per heavy atom. The summed E-state index contributed by atoms with van der Waals surface area (Å²) in [6.45, 7) is 2.68. The lowest BCUT2D eigenvalue weighted by Crippen LogP contribution is -2.35. The van der Waals surface area contributed by atoms with Gasteiger partial charge in [-0.05, 0) is 61.4 Å². The molecule has 2 amide bonds. The summed E-state index contributed by atoms with van der Waals surface area (Å²) in [7, 11) is -3.51. The SMILES string of the molecule is CC(=O)Nc1ccc(C#CCNC(=O)c2ccc(S(=O)(=O)N3CCCCC3)cc2)cc1. The highest BCUT2D eigenvalue weighted by Crippen LogP contribution is 2.20. The first-order valence-electron chi connectivity index (χ1n) is 10.1. The number of piperidine rings is 1. The second-order valence-corrected chi connectivity index (χ2v) is 9.17. The van der Waals surface area contributed by atoms with Crippen molar-refractivity contribution in [3.8, 4) is 11.8 Å². The van der Waals surface area contributed by atoms with Gasteiger partial charge >= 0.3 is 0 Å². The number of nitrogens with zero attached hydrogens (tertiary/aromatic N) is 1. The summed E-state index contributed by atoms with van der Waals surface area (Å²) in [5, 5.41) is 5.38. The van der Waals surface area contributed by atoms with Crippen molar-refractivity contribution in [2.24, 2.45) is 0 Å². The van der Waals surface area contributed by atoms with Gasteiger partial charge in [0.2, 0.25) is 15.9 Å². The van der Waals surface area contributed by atoms with E-state index in [1.54, 1.807) is 24.3 Å². The summed E-state index contributed by atoms with van der Waals surface area (Å²) in [6.07, 6.45) is 2.80. The van der Waals surface area contributed by atoms with Gasteiger partial charge in [-0.3, -0.25) is 9.59 Å². The fourth-order valence-electron chi connectivity index (χ4n) is 3.25. The maximum atomic E-state index is 12.7. The van der Waals surface area contributed by atoms with E-state index in [0.717, 1.165) is 24.8 Å². The molecule has 0 bridgehead atoms. The van der Waals surface area contributed by atoms with E-state index in [2.05, 4.69) is 22.5 Å². The molecule has 1 fully saturated rings. The molecule has 0 unspecified atom stereocenters. The van der Waals surface area contributed by atoms with Gasteiger partial charge in [0.1, 0.15) is 0 Å². The summed E-state index contributed by atoms with van der Waals surface area (Å²) < 4.78 is 26.9. The zero-order valence-corrected chi connectivity index (χ0v) is 18.2. The number of carbonyl (C=O) groups excluding carboxylic acids is 2. The van der Waals surface area contributed by atoms with Crippen LogP contribution in [-0.4, -0.2) is 44.2 Å². The largest absolute Gasteiger partial charge is 0.341 e. The van der Waals surface area contributed by atoms with Crippen molar-refractivity contribution >= 4 is 27.5 Å². The summed E-state index contributed by atoms with van der Waals surface area (Å²) in [4.78, 5) is 23.5. The minimum Gasteiger partial charge on any atom is -0.341 e. The number of sulfonamides is 1. The third kappa shape index (κ3) is 6.17. The van der Waals surface area contributed by atoms with E-state index in [1.165, 1.54) is 35.5 Å². The first-order valence-corrected chi connectivity index (χ1v) is 11.6. The van der Waals surface area contributed by atoms with E-state index >= 15 is 0 Å². The molecular formula is C23H25N3O4S. The molecule has 162 valence electrons. The number of carbonyl (C=O) groups is 2. The monoisotopic (exact) mass is 439 g/mol. The van der Waals surface area contributed by atoms with Crippen molar-refractivity contribution < 1.29 is 18.0 Å². The van der Waals surface area contributed by atoms with E-state index in [4.69, 9.17) is 0 Å². The fraction of sp³-hybridized carbons (Fsp3) is 0.304. The standard InChI is InChI=1S/C23H25N3O4S/c1-18(27)25-21-11-7-19(8-12-21)6-5-15-24-23(28)20-9-13-22(14-10-20)31(29,30)26-16-3-2-4-17-26/h7-14H,2-4,15-17H2,1H3,(H,24,28)(H,25,27). The lowest BCUT2D eigenvalue weighted by atomic mass is 10.2. The fourth-order valence-corrected chi connectivity index (χ4v) is 4.76. The third-order valence-corrected chi connectivity index (χ3v) is 6.76. The first kappa shape index (κ1) is 22.5. The summed E-state index contributed by atoms with van der Waals surface area (Å²) in [6, 6.07) is 13.0. The molecule has 2 aromatic carbocycles. The zero-order valence-electron chi connectivity index (χ0n) is 17.3. The number of hydrogen-bond acceptors (Lipinski definition) is 4. The molecule has 3 rings (SSSR count). The molecule has 0 atom stereocenters. The Morgan fingerprint density at radius 3 is 2.23 bits per heavy atom. The minimum atomic E-state index is -3.51. The van der Waals surface area contributed by atoms with Crippen LogP contribution in [0.25, 0.3) is 0 Å². The van der Waals surface area contributed by atoms with Gasteiger partial charge in [-0.15, -0.1) is 0 Å². The predicted molar refractivity (Wildman–Crippen MR) is 119 cm³/mol. The molecule has 0 aliphatic carbocycles. The number of nitrogens with one attached hydrogen (secondary N) is 2. The maximum Gasteiger partial charge on any atom is 0.252 e. The molecule has 0 saturated carbocycles.